The van der Waals surface area contributed by atoms with Crippen LogP contribution in [0.3, 0.4) is 0 Å². The molecule has 0 aromatic heterocycles. The predicted molar refractivity (Wildman–Crippen MR) is 28.5 cm³/mol. The molecule has 46 valence electrons. The van der Waals surface area contributed by atoms with Gasteiger partial charge in [-0.3, -0.25) is 9.59 Å². The highest BCUT2D eigenvalue weighted by molar-refractivity contribution is 5.55. The van der Waals surface area contributed by atoms with Crippen LogP contribution in [-0.4, -0.2) is 5.11 Å². The lowest BCUT2D eigenvalue weighted by Gasteiger charge is -1.91. The Hall–Kier alpha value is -1.52. The number of hydrogen-bond acceptors (Lipinski definition) is 5. The number of hydrogen-bond donors (Lipinski definition) is 1. The Morgan fingerprint density at radius 3 is 2.00 bits per heavy atom. The topological polar surface area (TPSA) is 83.8 Å². The minimum atomic E-state index is -1.04. The predicted octanol–water partition coefficient (Wildman–Crippen LogP) is -0.614. The van der Waals surface area contributed by atoms with Crippen LogP contribution in [-0.2, 0) is 0 Å². The van der Waals surface area contributed by atoms with E-state index in [4.69, 9.17) is 5.11 Å². The third kappa shape index (κ3) is 0.479. The number of rotatable bonds is 1. The van der Waals surface area contributed by atoms with Crippen molar-refractivity contribution >= 4 is 5.69 Å². The Kier molecular flexibility index (Phi) is 0.921. The first-order chi connectivity index (χ1) is 4.18. The van der Waals surface area contributed by atoms with Gasteiger partial charge in [0.2, 0.25) is 11.4 Å². The molecule has 0 atom stereocenters. The molecule has 1 aromatic carbocycles. The highest BCUT2D eigenvalue weighted by Crippen LogP contribution is 2.16. The standard InChI is InChI=1S/C4HNO4/c6-2-1(5-9)3(7)4(2)8/h6H. The lowest BCUT2D eigenvalue weighted by molar-refractivity contribution is 0.465. The second-order valence-corrected chi connectivity index (χ2v) is 1.45. The van der Waals surface area contributed by atoms with Gasteiger partial charge in [-0.2, -0.15) is 0 Å². The van der Waals surface area contributed by atoms with Crippen molar-refractivity contribution in [2.45, 2.75) is 0 Å². The Morgan fingerprint density at radius 1 is 1.22 bits per heavy atom. The van der Waals surface area contributed by atoms with Crippen molar-refractivity contribution in [2.75, 3.05) is 0 Å². The van der Waals surface area contributed by atoms with Gasteiger partial charge in [-0.05, 0) is 5.18 Å². The van der Waals surface area contributed by atoms with Crippen LogP contribution in [0, 0.1) is 4.91 Å². The van der Waals surface area contributed by atoms with E-state index in [2.05, 4.69) is 5.18 Å². The van der Waals surface area contributed by atoms with Gasteiger partial charge in [0, 0.05) is 0 Å². The second-order valence-electron chi connectivity index (χ2n) is 1.45. The first-order valence-corrected chi connectivity index (χ1v) is 2.04. The van der Waals surface area contributed by atoms with E-state index < -0.39 is 22.3 Å². The smallest absolute Gasteiger partial charge is 0.272 e. The molecule has 0 heterocycles. The monoisotopic (exact) mass is 127 g/mol. The third-order valence-corrected chi connectivity index (χ3v) is 0.952. The molecule has 0 amide bonds. The highest BCUT2D eigenvalue weighted by Gasteiger charge is 2.20. The SMILES string of the molecule is O=Nc1c(O)c(=O)c1=O. The Balaban J connectivity index is 3.42. The molecule has 1 rings (SSSR count). The molecule has 5 heteroatoms. The van der Waals surface area contributed by atoms with Crippen LogP contribution in [0.15, 0.2) is 14.8 Å². The van der Waals surface area contributed by atoms with Gasteiger partial charge in [-0.25, -0.2) is 0 Å². The number of aromatic hydroxyl groups is 1. The van der Waals surface area contributed by atoms with Crippen LogP contribution in [0.2, 0.25) is 0 Å². The van der Waals surface area contributed by atoms with E-state index in [1.807, 2.05) is 0 Å². The van der Waals surface area contributed by atoms with Crippen molar-refractivity contribution in [1.29, 1.82) is 0 Å². The lowest BCUT2D eigenvalue weighted by atomic mass is 10.2. The van der Waals surface area contributed by atoms with Gasteiger partial charge >= 0.3 is 0 Å². The molecule has 0 fully saturated rings. The fourth-order valence-electron chi connectivity index (χ4n) is 0.452. The largest absolute Gasteiger partial charge is 0.502 e. The molecule has 0 unspecified atom stereocenters. The molecule has 9 heavy (non-hydrogen) atoms. The molecule has 0 aliphatic heterocycles. The molecular formula is C4HNO4. The zero-order valence-corrected chi connectivity index (χ0v) is 4.12. The Morgan fingerprint density at radius 2 is 1.78 bits per heavy atom. The van der Waals surface area contributed by atoms with Crippen LogP contribution in [0.5, 0.6) is 5.75 Å². The van der Waals surface area contributed by atoms with Gasteiger partial charge in [0.15, 0.2) is 0 Å². The van der Waals surface area contributed by atoms with E-state index in [1.165, 1.54) is 0 Å². The van der Waals surface area contributed by atoms with E-state index in [0.717, 1.165) is 0 Å². The molecule has 1 N–H and O–H groups in total. The molecule has 0 spiro atoms. The molecule has 5 nitrogen and oxygen atoms in total. The van der Waals surface area contributed by atoms with Gasteiger partial charge in [0.25, 0.3) is 10.9 Å². The van der Waals surface area contributed by atoms with Crippen molar-refractivity contribution in [1.82, 2.24) is 0 Å². The summed E-state index contributed by atoms with van der Waals surface area (Å²) in [7, 11) is 0. The molecule has 0 saturated carbocycles. The van der Waals surface area contributed by atoms with Crippen molar-refractivity contribution < 1.29 is 5.11 Å². The molecule has 1 aromatic rings. The van der Waals surface area contributed by atoms with Crippen molar-refractivity contribution in [3.05, 3.63) is 25.4 Å². The van der Waals surface area contributed by atoms with Gasteiger partial charge < -0.3 is 5.11 Å². The van der Waals surface area contributed by atoms with E-state index >= 15 is 0 Å². The Bertz CT molecular complexity index is 319. The molecule has 0 radical (unpaired) electrons. The molecule has 0 aliphatic rings. The molecule has 0 saturated heterocycles. The van der Waals surface area contributed by atoms with Gasteiger partial charge in [0.05, 0.1) is 0 Å². The first-order valence-electron chi connectivity index (χ1n) is 2.04. The van der Waals surface area contributed by atoms with E-state index in [0.29, 0.717) is 0 Å². The third-order valence-electron chi connectivity index (χ3n) is 0.952. The summed E-state index contributed by atoms with van der Waals surface area (Å²) in [4.78, 5) is 29.7. The summed E-state index contributed by atoms with van der Waals surface area (Å²) < 4.78 is 0. The maximum Gasteiger partial charge on any atom is 0.272 e. The number of nitroso groups, excluding NO2 is 1. The summed E-state index contributed by atoms with van der Waals surface area (Å²) in [6.07, 6.45) is 0. The van der Waals surface area contributed by atoms with Crippen LogP contribution in [0.4, 0.5) is 5.69 Å². The average Bonchev–Trinajstić information content (AvgIpc) is 1.89. The maximum absolute atomic E-state index is 10.1. The summed E-state index contributed by atoms with van der Waals surface area (Å²) in [5.41, 5.74) is -2.72. The normalized spacial score (nSPS) is 9.78. The zero-order chi connectivity index (χ0) is 7.02. The lowest BCUT2D eigenvalue weighted by Crippen LogP contribution is -2.28. The summed E-state index contributed by atoms with van der Waals surface area (Å²) in [5.74, 6) is -0.824. The minimum Gasteiger partial charge on any atom is -0.502 e. The summed E-state index contributed by atoms with van der Waals surface area (Å²) in [6.45, 7) is 0. The second kappa shape index (κ2) is 1.48. The van der Waals surface area contributed by atoms with Crippen LogP contribution < -0.4 is 10.9 Å². The summed E-state index contributed by atoms with van der Waals surface area (Å²) in [5, 5.41) is 10.5. The minimum absolute atomic E-state index is 0.667. The summed E-state index contributed by atoms with van der Waals surface area (Å²) in [6, 6.07) is 0. The fourth-order valence-corrected chi connectivity index (χ4v) is 0.452. The Labute approximate surface area is 48.2 Å². The highest BCUT2D eigenvalue weighted by atomic mass is 16.3. The molecule has 0 aliphatic carbocycles. The van der Waals surface area contributed by atoms with Crippen molar-refractivity contribution in [2.24, 2.45) is 5.18 Å². The van der Waals surface area contributed by atoms with Gasteiger partial charge in [-0.1, -0.05) is 0 Å². The quantitative estimate of drug-likeness (QED) is 0.402. The van der Waals surface area contributed by atoms with E-state index in [-0.39, 0.29) is 0 Å². The van der Waals surface area contributed by atoms with Crippen LogP contribution in [0.1, 0.15) is 0 Å². The first kappa shape index (κ1) is 5.61. The average molecular weight is 127 g/mol. The van der Waals surface area contributed by atoms with Crippen molar-refractivity contribution in [3.8, 4) is 5.75 Å². The zero-order valence-electron chi connectivity index (χ0n) is 4.12. The molecule has 0 bridgehead atoms. The summed E-state index contributed by atoms with van der Waals surface area (Å²) >= 11 is 0. The molecular weight excluding hydrogens is 126 g/mol. The van der Waals surface area contributed by atoms with Gasteiger partial charge in [0.1, 0.15) is 0 Å². The van der Waals surface area contributed by atoms with Gasteiger partial charge in [-0.15, -0.1) is 4.91 Å². The fraction of sp³-hybridized carbons (Fsp3) is 0. The number of nitrogens with zero attached hydrogens (tertiary/aromatic N) is 1. The van der Waals surface area contributed by atoms with Crippen LogP contribution in [0.25, 0.3) is 0 Å². The van der Waals surface area contributed by atoms with Crippen molar-refractivity contribution in [3.63, 3.8) is 0 Å². The maximum atomic E-state index is 10.1. The van der Waals surface area contributed by atoms with E-state index in [9.17, 15) is 14.5 Å². The van der Waals surface area contributed by atoms with Crippen LogP contribution >= 0.6 is 0 Å². The van der Waals surface area contributed by atoms with E-state index in [1.54, 1.807) is 0 Å².